The van der Waals surface area contributed by atoms with Crippen LogP contribution in [-0.2, 0) is 0 Å². The fourth-order valence-electron chi connectivity index (χ4n) is 2.56. The van der Waals surface area contributed by atoms with E-state index in [0.29, 0.717) is 5.56 Å². The lowest BCUT2D eigenvalue weighted by Gasteiger charge is -2.17. The third-order valence-corrected chi connectivity index (χ3v) is 3.74. The lowest BCUT2D eigenvalue weighted by atomic mass is 10.0. The van der Waals surface area contributed by atoms with Gasteiger partial charge in [-0.15, -0.1) is 0 Å². The average Bonchev–Trinajstić information content (AvgIpc) is 2.55. The first-order chi connectivity index (χ1) is 10.7. The van der Waals surface area contributed by atoms with Crippen molar-refractivity contribution in [1.29, 1.82) is 5.26 Å². The Morgan fingerprint density at radius 1 is 1.14 bits per heavy atom. The highest BCUT2D eigenvalue weighted by atomic mass is 15.0. The van der Waals surface area contributed by atoms with Gasteiger partial charge in [0.1, 0.15) is 12.1 Å². The molecule has 0 saturated heterocycles. The molecule has 0 amide bonds. The lowest BCUT2D eigenvalue weighted by molar-refractivity contribution is 0.875. The molecular formula is C18H16N4. The molecule has 0 fully saturated rings. The van der Waals surface area contributed by atoms with Crippen LogP contribution in [0.2, 0.25) is 0 Å². The van der Waals surface area contributed by atoms with E-state index in [1.54, 1.807) is 12.4 Å². The van der Waals surface area contributed by atoms with Gasteiger partial charge in [-0.2, -0.15) is 5.26 Å². The molecule has 4 heteroatoms. The molecule has 4 nitrogen and oxygen atoms in total. The van der Waals surface area contributed by atoms with E-state index in [2.05, 4.69) is 41.3 Å². The summed E-state index contributed by atoms with van der Waals surface area (Å²) in [6, 6.07) is 15.9. The van der Waals surface area contributed by atoms with Crippen molar-refractivity contribution in [2.24, 2.45) is 0 Å². The SMILES string of the molecule is Cc1cccc2ncnc(NC(C)c3cccc(C#N)c3)c12. The average molecular weight is 288 g/mol. The molecule has 0 aliphatic rings. The van der Waals surface area contributed by atoms with Gasteiger partial charge in [0, 0.05) is 5.39 Å². The maximum absolute atomic E-state index is 9.02. The van der Waals surface area contributed by atoms with Crippen molar-refractivity contribution in [2.75, 3.05) is 5.32 Å². The molecule has 1 aromatic heterocycles. The van der Waals surface area contributed by atoms with E-state index in [1.807, 2.05) is 30.3 Å². The van der Waals surface area contributed by atoms with Crippen LogP contribution in [-0.4, -0.2) is 9.97 Å². The molecule has 1 unspecified atom stereocenters. The number of rotatable bonds is 3. The Morgan fingerprint density at radius 3 is 2.77 bits per heavy atom. The number of fused-ring (bicyclic) bond motifs is 1. The van der Waals surface area contributed by atoms with Crippen LogP contribution in [0.25, 0.3) is 10.9 Å². The number of hydrogen-bond acceptors (Lipinski definition) is 4. The maximum atomic E-state index is 9.02. The second-order valence-corrected chi connectivity index (χ2v) is 5.29. The molecule has 2 aromatic carbocycles. The van der Waals surface area contributed by atoms with Crippen LogP contribution in [0.15, 0.2) is 48.8 Å². The normalized spacial score (nSPS) is 11.9. The minimum Gasteiger partial charge on any atom is -0.363 e. The van der Waals surface area contributed by atoms with Crippen molar-refractivity contribution in [3.05, 3.63) is 65.5 Å². The van der Waals surface area contributed by atoms with Crippen LogP contribution in [0.3, 0.4) is 0 Å². The Bertz CT molecular complexity index is 859. The first-order valence-electron chi connectivity index (χ1n) is 7.16. The van der Waals surface area contributed by atoms with E-state index < -0.39 is 0 Å². The second kappa shape index (κ2) is 5.82. The van der Waals surface area contributed by atoms with Crippen molar-refractivity contribution in [3.8, 4) is 6.07 Å². The third kappa shape index (κ3) is 2.61. The van der Waals surface area contributed by atoms with E-state index in [-0.39, 0.29) is 6.04 Å². The summed E-state index contributed by atoms with van der Waals surface area (Å²) in [5.74, 6) is 0.818. The van der Waals surface area contributed by atoms with Crippen molar-refractivity contribution >= 4 is 16.7 Å². The largest absolute Gasteiger partial charge is 0.363 e. The lowest BCUT2D eigenvalue weighted by Crippen LogP contribution is -2.09. The summed E-state index contributed by atoms with van der Waals surface area (Å²) in [4.78, 5) is 8.70. The van der Waals surface area contributed by atoms with Crippen molar-refractivity contribution in [1.82, 2.24) is 9.97 Å². The van der Waals surface area contributed by atoms with E-state index in [4.69, 9.17) is 5.26 Å². The third-order valence-electron chi connectivity index (χ3n) is 3.74. The molecule has 108 valence electrons. The molecule has 0 saturated carbocycles. The number of hydrogen-bond donors (Lipinski definition) is 1. The van der Waals surface area contributed by atoms with Crippen LogP contribution >= 0.6 is 0 Å². The summed E-state index contributed by atoms with van der Waals surface area (Å²) in [7, 11) is 0. The first kappa shape index (κ1) is 14.0. The number of nitriles is 1. The Hall–Kier alpha value is -2.93. The summed E-state index contributed by atoms with van der Waals surface area (Å²) in [5, 5.41) is 13.5. The summed E-state index contributed by atoms with van der Waals surface area (Å²) < 4.78 is 0. The fourth-order valence-corrected chi connectivity index (χ4v) is 2.56. The second-order valence-electron chi connectivity index (χ2n) is 5.29. The molecule has 3 rings (SSSR count). The number of aromatic nitrogens is 2. The molecule has 22 heavy (non-hydrogen) atoms. The molecule has 1 heterocycles. The van der Waals surface area contributed by atoms with Gasteiger partial charge in [0.25, 0.3) is 0 Å². The highest BCUT2D eigenvalue weighted by molar-refractivity contribution is 5.91. The predicted octanol–water partition coefficient (Wildman–Crippen LogP) is 3.98. The Labute approximate surface area is 129 Å². The van der Waals surface area contributed by atoms with Gasteiger partial charge in [0.2, 0.25) is 0 Å². The van der Waals surface area contributed by atoms with E-state index in [0.717, 1.165) is 27.8 Å². The Kier molecular flexibility index (Phi) is 3.71. The fraction of sp³-hybridized carbons (Fsp3) is 0.167. The zero-order valence-electron chi connectivity index (χ0n) is 12.5. The van der Waals surface area contributed by atoms with E-state index >= 15 is 0 Å². The molecule has 1 N–H and O–H groups in total. The van der Waals surface area contributed by atoms with Crippen molar-refractivity contribution in [2.45, 2.75) is 19.9 Å². The minimum atomic E-state index is 0.0472. The van der Waals surface area contributed by atoms with Gasteiger partial charge in [-0.05, 0) is 43.2 Å². The Morgan fingerprint density at radius 2 is 1.95 bits per heavy atom. The van der Waals surface area contributed by atoms with Crippen LogP contribution in [0.5, 0.6) is 0 Å². The first-order valence-corrected chi connectivity index (χ1v) is 7.16. The smallest absolute Gasteiger partial charge is 0.138 e. The van der Waals surface area contributed by atoms with Crippen LogP contribution in [0.1, 0.15) is 29.7 Å². The van der Waals surface area contributed by atoms with Gasteiger partial charge in [-0.3, -0.25) is 0 Å². The van der Waals surface area contributed by atoms with Gasteiger partial charge in [-0.25, -0.2) is 9.97 Å². The molecule has 0 spiro atoms. The summed E-state index contributed by atoms with van der Waals surface area (Å²) in [6.07, 6.45) is 1.57. The number of benzene rings is 2. The van der Waals surface area contributed by atoms with Crippen molar-refractivity contribution in [3.63, 3.8) is 0 Å². The van der Waals surface area contributed by atoms with Gasteiger partial charge < -0.3 is 5.32 Å². The monoisotopic (exact) mass is 288 g/mol. The molecule has 1 atom stereocenters. The van der Waals surface area contributed by atoms with Gasteiger partial charge in [0.05, 0.1) is 23.2 Å². The topological polar surface area (TPSA) is 61.6 Å². The minimum absolute atomic E-state index is 0.0472. The summed E-state index contributed by atoms with van der Waals surface area (Å²) in [6.45, 7) is 4.11. The summed E-state index contributed by atoms with van der Waals surface area (Å²) in [5.41, 5.74) is 3.78. The molecular weight excluding hydrogens is 272 g/mol. The quantitative estimate of drug-likeness (QED) is 0.791. The number of nitrogens with one attached hydrogen (secondary N) is 1. The van der Waals surface area contributed by atoms with Gasteiger partial charge in [-0.1, -0.05) is 24.3 Å². The maximum Gasteiger partial charge on any atom is 0.138 e. The number of anilines is 1. The van der Waals surface area contributed by atoms with Gasteiger partial charge in [0.15, 0.2) is 0 Å². The van der Waals surface area contributed by atoms with E-state index in [9.17, 15) is 0 Å². The van der Waals surface area contributed by atoms with Gasteiger partial charge >= 0.3 is 0 Å². The molecule has 0 bridgehead atoms. The molecule has 0 aliphatic carbocycles. The predicted molar refractivity (Wildman–Crippen MR) is 87.5 cm³/mol. The van der Waals surface area contributed by atoms with Crippen LogP contribution < -0.4 is 5.32 Å². The van der Waals surface area contributed by atoms with Crippen LogP contribution in [0.4, 0.5) is 5.82 Å². The zero-order valence-corrected chi connectivity index (χ0v) is 12.5. The number of aryl methyl sites for hydroxylation is 1. The molecule has 0 radical (unpaired) electrons. The van der Waals surface area contributed by atoms with E-state index in [1.165, 1.54) is 0 Å². The molecule has 3 aromatic rings. The highest BCUT2D eigenvalue weighted by Crippen LogP contribution is 2.26. The number of nitrogens with zero attached hydrogens (tertiary/aromatic N) is 3. The zero-order chi connectivity index (χ0) is 15.5. The highest BCUT2D eigenvalue weighted by Gasteiger charge is 2.11. The van der Waals surface area contributed by atoms with Crippen LogP contribution in [0, 0.1) is 18.3 Å². The Balaban J connectivity index is 1.98. The summed E-state index contributed by atoms with van der Waals surface area (Å²) >= 11 is 0. The standard InChI is InChI=1S/C18H16N4/c1-12-5-3-8-16-17(12)18(21-11-20-16)22-13(2)15-7-4-6-14(9-15)10-19/h3-9,11,13H,1-2H3,(H,20,21,22). The van der Waals surface area contributed by atoms with Crippen molar-refractivity contribution < 1.29 is 0 Å². The molecule has 0 aliphatic heterocycles.